The molecule has 9 heteroatoms. The van der Waals surface area contributed by atoms with E-state index in [-0.39, 0.29) is 30.9 Å². The number of hydrogen-bond donors (Lipinski definition) is 0. The Morgan fingerprint density at radius 1 is 1.29 bits per heavy atom. The highest BCUT2D eigenvalue weighted by atomic mass is 16.6. The molecule has 0 N–H and O–H groups in total. The van der Waals surface area contributed by atoms with E-state index >= 15 is 0 Å². The Labute approximate surface area is 161 Å². The average molecular weight is 384 g/mol. The normalized spacial score (nSPS) is 16.9. The molecule has 146 valence electrons. The van der Waals surface area contributed by atoms with Crippen LogP contribution in [0.4, 0.5) is 4.79 Å². The fourth-order valence-electron chi connectivity index (χ4n) is 3.42. The first-order valence-electron chi connectivity index (χ1n) is 8.91. The van der Waals surface area contributed by atoms with Crippen LogP contribution in [-0.2, 0) is 16.6 Å². The summed E-state index contributed by atoms with van der Waals surface area (Å²) in [6, 6.07) is 9.24. The Balaban J connectivity index is 1.41. The number of benzene rings is 1. The number of imide groups is 1. The Kier molecular flexibility index (Phi) is 4.50. The summed E-state index contributed by atoms with van der Waals surface area (Å²) in [5, 5.41) is 4.44. The van der Waals surface area contributed by atoms with Crippen LogP contribution in [0.3, 0.4) is 0 Å². The number of hydrogen-bond acceptors (Lipinski definition) is 6. The molecular weight excluding hydrogens is 364 g/mol. The second-order valence-corrected chi connectivity index (χ2v) is 6.91. The van der Waals surface area contributed by atoms with Crippen molar-refractivity contribution in [3.8, 4) is 17.0 Å². The maximum absolute atomic E-state index is 12.8. The van der Waals surface area contributed by atoms with E-state index < -0.39 is 6.09 Å². The van der Waals surface area contributed by atoms with E-state index in [0.717, 1.165) is 16.2 Å². The molecule has 0 radical (unpaired) electrons. The molecule has 0 saturated carbocycles. The van der Waals surface area contributed by atoms with Crippen LogP contribution in [0, 0.1) is 5.92 Å². The van der Waals surface area contributed by atoms with Gasteiger partial charge >= 0.3 is 6.09 Å². The largest absolute Gasteiger partial charge is 0.497 e. The number of cyclic esters (lactones) is 1. The molecule has 0 atom stereocenters. The van der Waals surface area contributed by atoms with Gasteiger partial charge in [0.2, 0.25) is 0 Å². The zero-order valence-corrected chi connectivity index (χ0v) is 15.6. The molecule has 2 aliphatic rings. The lowest BCUT2D eigenvalue weighted by atomic mass is 9.99. The van der Waals surface area contributed by atoms with E-state index in [1.807, 2.05) is 24.3 Å². The van der Waals surface area contributed by atoms with Gasteiger partial charge in [0, 0.05) is 38.2 Å². The van der Waals surface area contributed by atoms with Crippen molar-refractivity contribution in [2.45, 2.75) is 0 Å². The molecule has 3 heterocycles. The van der Waals surface area contributed by atoms with Gasteiger partial charge in [-0.05, 0) is 18.2 Å². The highest BCUT2D eigenvalue weighted by Crippen LogP contribution is 2.26. The zero-order chi connectivity index (χ0) is 19.8. The van der Waals surface area contributed by atoms with Gasteiger partial charge in [0.25, 0.3) is 11.8 Å². The molecule has 2 fully saturated rings. The van der Waals surface area contributed by atoms with Crippen molar-refractivity contribution < 1.29 is 23.9 Å². The molecule has 2 aliphatic heterocycles. The van der Waals surface area contributed by atoms with Crippen LogP contribution in [0.15, 0.2) is 30.3 Å². The number of aromatic nitrogens is 2. The molecule has 28 heavy (non-hydrogen) atoms. The van der Waals surface area contributed by atoms with Gasteiger partial charge in [-0.25, -0.2) is 9.69 Å². The topological polar surface area (TPSA) is 94.0 Å². The maximum atomic E-state index is 12.8. The van der Waals surface area contributed by atoms with Crippen molar-refractivity contribution in [1.82, 2.24) is 19.6 Å². The zero-order valence-electron chi connectivity index (χ0n) is 15.6. The first-order valence-corrected chi connectivity index (χ1v) is 8.91. The Morgan fingerprint density at radius 2 is 2.07 bits per heavy atom. The number of nitrogens with zero attached hydrogens (tertiary/aromatic N) is 4. The number of methoxy groups -OCH3 is 1. The van der Waals surface area contributed by atoms with Gasteiger partial charge < -0.3 is 14.4 Å². The highest BCUT2D eigenvalue weighted by Gasteiger charge is 2.39. The Bertz CT molecular complexity index is 932. The lowest BCUT2D eigenvalue weighted by Crippen LogP contribution is -2.54. The quantitative estimate of drug-likeness (QED) is 0.768. The molecule has 1 aromatic heterocycles. The smallest absolute Gasteiger partial charge is 0.417 e. The highest BCUT2D eigenvalue weighted by molar-refractivity contribution is 5.98. The van der Waals surface area contributed by atoms with Crippen LogP contribution in [0.2, 0.25) is 0 Å². The van der Waals surface area contributed by atoms with E-state index in [0.29, 0.717) is 24.5 Å². The molecule has 1 aromatic carbocycles. The van der Waals surface area contributed by atoms with E-state index in [4.69, 9.17) is 9.47 Å². The molecule has 2 saturated heterocycles. The minimum atomic E-state index is -0.607. The number of aryl methyl sites for hydroxylation is 1. The Hall–Kier alpha value is -3.36. The van der Waals surface area contributed by atoms with Crippen LogP contribution in [0.5, 0.6) is 5.75 Å². The minimum absolute atomic E-state index is 0.0598. The third-order valence-electron chi connectivity index (χ3n) is 4.99. The summed E-state index contributed by atoms with van der Waals surface area (Å²) >= 11 is 0. The lowest BCUT2D eigenvalue weighted by Gasteiger charge is -2.40. The SMILES string of the molecule is COc1cccc(-c2cc(C(=O)N3CC(CN4C(=O)COC4=O)C3)n(C)n2)c1. The monoisotopic (exact) mass is 384 g/mol. The predicted molar refractivity (Wildman–Crippen MR) is 97.7 cm³/mol. The summed E-state index contributed by atoms with van der Waals surface area (Å²) in [4.78, 5) is 38.7. The first-order chi connectivity index (χ1) is 13.5. The van der Waals surface area contributed by atoms with Crippen LogP contribution < -0.4 is 4.74 Å². The van der Waals surface area contributed by atoms with E-state index in [2.05, 4.69) is 5.10 Å². The van der Waals surface area contributed by atoms with Gasteiger partial charge in [0.05, 0.1) is 12.8 Å². The molecule has 0 spiro atoms. The van der Waals surface area contributed by atoms with Crippen molar-refractivity contribution >= 4 is 17.9 Å². The van der Waals surface area contributed by atoms with Crippen molar-refractivity contribution in [1.29, 1.82) is 0 Å². The molecular formula is C19H20N4O5. The number of rotatable bonds is 5. The molecule has 9 nitrogen and oxygen atoms in total. The van der Waals surface area contributed by atoms with Gasteiger partial charge in [-0.3, -0.25) is 14.3 Å². The summed E-state index contributed by atoms with van der Waals surface area (Å²) in [7, 11) is 3.33. The van der Waals surface area contributed by atoms with Crippen molar-refractivity contribution in [3.05, 3.63) is 36.0 Å². The molecule has 0 bridgehead atoms. The molecule has 4 rings (SSSR count). The third kappa shape index (κ3) is 3.19. The fourth-order valence-corrected chi connectivity index (χ4v) is 3.42. The number of likely N-dealkylation sites (tertiary alicyclic amines) is 1. The first kappa shape index (κ1) is 18.0. The van der Waals surface area contributed by atoms with Gasteiger partial charge in [0.15, 0.2) is 6.61 Å². The van der Waals surface area contributed by atoms with Crippen LogP contribution in [-0.4, -0.2) is 70.8 Å². The van der Waals surface area contributed by atoms with Gasteiger partial charge in [-0.2, -0.15) is 5.10 Å². The second-order valence-electron chi connectivity index (χ2n) is 6.91. The fraction of sp³-hybridized carbons (Fsp3) is 0.368. The second kappa shape index (κ2) is 6.99. The average Bonchev–Trinajstić information content (AvgIpc) is 3.20. The van der Waals surface area contributed by atoms with E-state index in [1.54, 1.807) is 29.8 Å². The van der Waals surface area contributed by atoms with Gasteiger partial charge in [-0.15, -0.1) is 0 Å². The van der Waals surface area contributed by atoms with E-state index in [1.165, 1.54) is 0 Å². The summed E-state index contributed by atoms with van der Waals surface area (Å²) in [5.41, 5.74) is 2.03. The maximum Gasteiger partial charge on any atom is 0.417 e. The molecule has 0 unspecified atom stereocenters. The van der Waals surface area contributed by atoms with Crippen LogP contribution in [0.25, 0.3) is 11.3 Å². The van der Waals surface area contributed by atoms with Crippen molar-refractivity contribution in [2.24, 2.45) is 13.0 Å². The predicted octanol–water partition coefficient (Wildman–Crippen LogP) is 1.15. The Morgan fingerprint density at radius 3 is 2.75 bits per heavy atom. The van der Waals surface area contributed by atoms with Crippen LogP contribution >= 0.6 is 0 Å². The minimum Gasteiger partial charge on any atom is -0.497 e. The summed E-state index contributed by atoms with van der Waals surface area (Å²) < 4.78 is 11.5. The molecule has 3 amide bonds. The number of amides is 3. The number of carbonyl (C=O) groups excluding carboxylic acids is 3. The molecule has 0 aliphatic carbocycles. The number of ether oxygens (including phenoxy) is 2. The van der Waals surface area contributed by atoms with Gasteiger partial charge in [-0.1, -0.05) is 12.1 Å². The van der Waals surface area contributed by atoms with E-state index in [9.17, 15) is 14.4 Å². The number of carbonyl (C=O) groups is 3. The van der Waals surface area contributed by atoms with Crippen LogP contribution in [0.1, 0.15) is 10.5 Å². The van der Waals surface area contributed by atoms with Crippen molar-refractivity contribution in [3.63, 3.8) is 0 Å². The van der Waals surface area contributed by atoms with Crippen molar-refractivity contribution in [2.75, 3.05) is 33.4 Å². The van der Waals surface area contributed by atoms with Gasteiger partial charge in [0.1, 0.15) is 11.4 Å². The summed E-state index contributed by atoms with van der Waals surface area (Å²) in [5.74, 6) is 0.321. The summed E-state index contributed by atoms with van der Waals surface area (Å²) in [6.07, 6.45) is -0.607. The molecule has 2 aromatic rings. The summed E-state index contributed by atoms with van der Waals surface area (Å²) in [6.45, 7) is 1.04. The lowest BCUT2D eigenvalue weighted by molar-refractivity contribution is -0.126. The third-order valence-corrected chi connectivity index (χ3v) is 4.99. The standard InChI is InChI=1S/C19H20N4O5/c1-21-16(7-15(20-21)13-4-3-5-14(6-13)27-2)18(25)22-8-12(9-22)10-23-17(24)11-28-19(23)26/h3-7,12H,8-11H2,1-2H3.